The van der Waals surface area contributed by atoms with Gasteiger partial charge in [-0.05, 0) is 11.8 Å². The van der Waals surface area contributed by atoms with Crippen LogP contribution in [0.3, 0.4) is 0 Å². The van der Waals surface area contributed by atoms with Gasteiger partial charge in [0.25, 0.3) is 0 Å². The number of hydrogen-bond donors (Lipinski definition) is 1. The highest BCUT2D eigenvalue weighted by Gasteiger charge is 2.17. The molecule has 0 radical (unpaired) electrons. The van der Waals surface area contributed by atoms with Gasteiger partial charge in [0, 0.05) is 18.8 Å². The Labute approximate surface area is 106 Å². The van der Waals surface area contributed by atoms with Crippen LogP contribution in [0.1, 0.15) is 26.3 Å². The molecule has 96 valence electrons. The molecule has 1 unspecified atom stereocenters. The normalized spacial score (nSPS) is 11.9. The fraction of sp³-hybridized carbons (Fsp3) is 0.500. The molecule has 1 N–H and O–H groups in total. The summed E-state index contributed by atoms with van der Waals surface area (Å²) < 4.78 is 0. The van der Waals surface area contributed by atoms with Crippen molar-refractivity contribution in [3.05, 3.63) is 27.9 Å². The topological polar surface area (TPSA) is 91.8 Å². The molecule has 1 aromatic rings. The van der Waals surface area contributed by atoms with Crippen molar-refractivity contribution in [1.82, 2.24) is 4.98 Å². The quantitative estimate of drug-likeness (QED) is 0.638. The molecule has 1 atom stereocenters. The van der Waals surface area contributed by atoms with Crippen molar-refractivity contribution in [3.8, 4) is 6.07 Å². The minimum Gasteiger partial charge on any atom is -0.364 e. The Kier molecular flexibility index (Phi) is 4.60. The third-order valence-corrected chi connectivity index (χ3v) is 2.92. The van der Waals surface area contributed by atoms with Crippen molar-refractivity contribution in [2.45, 2.75) is 20.8 Å². The molecule has 6 nitrogen and oxygen atoms in total. The smallest absolute Gasteiger partial charge is 0.312 e. The Bertz CT molecular complexity index is 479. The number of hydrogen-bond acceptors (Lipinski definition) is 5. The number of aromatic nitrogens is 1. The van der Waals surface area contributed by atoms with Crippen LogP contribution in [-0.2, 0) is 0 Å². The maximum atomic E-state index is 10.9. The number of nitriles is 1. The van der Waals surface area contributed by atoms with Crippen molar-refractivity contribution < 1.29 is 4.92 Å². The Morgan fingerprint density at radius 2 is 2.22 bits per heavy atom. The average Bonchev–Trinajstić information content (AvgIpc) is 2.35. The Balaban J connectivity index is 2.89. The fourth-order valence-electron chi connectivity index (χ4n) is 1.28. The van der Waals surface area contributed by atoms with E-state index in [1.54, 1.807) is 0 Å². The van der Waals surface area contributed by atoms with Gasteiger partial charge in [-0.25, -0.2) is 4.98 Å². The molecule has 0 aliphatic rings. The SMILES string of the molecule is CC(C)C(C)CNc1ncc(C#N)cc1[N+](=O)[O-]. The van der Waals surface area contributed by atoms with E-state index in [2.05, 4.69) is 31.1 Å². The molecule has 1 aromatic heterocycles. The Hall–Kier alpha value is -2.16. The van der Waals surface area contributed by atoms with Gasteiger partial charge in [-0.15, -0.1) is 0 Å². The van der Waals surface area contributed by atoms with Crippen LogP contribution in [0.2, 0.25) is 0 Å². The van der Waals surface area contributed by atoms with E-state index in [1.807, 2.05) is 6.07 Å². The summed E-state index contributed by atoms with van der Waals surface area (Å²) in [6, 6.07) is 3.07. The lowest BCUT2D eigenvalue weighted by atomic mass is 9.98. The highest BCUT2D eigenvalue weighted by Crippen LogP contribution is 2.23. The van der Waals surface area contributed by atoms with Gasteiger partial charge in [-0.3, -0.25) is 10.1 Å². The number of rotatable bonds is 5. The van der Waals surface area contributed by atoms with Gasteiger partial charge >= 0.3 is 5.69 Å². The summed E-state index contributed by atoms with van der Waals surface area (Å²) in [7, 11) is 0. The summed E-state index contributed by atoms with van der Waals surface area (Å²) in [5.74, 6) is 1.07. The zero-order valence-corrected chi connectivity index (χ0v) is 10.7. The zero-order chi connectivity index (χ0) is 13.7. The van der Waals surface area contributed by atoms with Crippen LogP contribution in [0.25, 0.3) is 0 Å². The first-order valence-electron chi connectivity index (χ1n) is 5.74. The number of nitro groups is 1. The molecule has 1 rings (SSSR count). The second-order valence-electron chi connectivity index (χ2n) is 4.56. The molecule has 18 heavy (non-hydrogen) atoms. The van der Waals surface area contributed by atoms with E-state index in [1.165, 1.54) is 12.3 Å². The second-order valence-corrected chi connectivity index (χ2v) is 4.56. The summed E-state index contributed by atoms with van der Waals surface area (Å²) in [6.45, 7) is 6.85. The predicted octanol–water partition coefficient (Wildman–Crippen LogP) is 2.57. The van der Waals surface area contributed by atoms with Crippen molar-refractivity contribution in [2.75, 3.05) is 11.9 Å². The molecule has 0 saturated carbocycles. The molecule has 0 aliphatic heterocycles. The number of pyridine rings is 1. The van der Waals surface area contributed by atoms with E-state index in [0.717, 1.165) is 0 Å². The highest BCUT2D eigenvalue weighted by atomic mass is 16.6. The van der Waals surface area contributed by atoms with Crippen molar-refractivity contribution in [2.24, 2.45) is 11.8 Å². The van der Waals surface area contributed by atoms with Gasteiger partial charge in [-0.2, -0.15) is 5.26 Å². The monoisotopic (exact) mass is 248 g/mol. The third kappa shape index (κ3) is 3.42. The standard InChI is InChI=1S/C12H16N4O2/c1-8(2)9(3)6-14-12-11(16(17)18)4-10(5-13)7-15-12/h4,7-9H,6H2,1-3H3,(H,14,15). The van der Waals surface area contributed by atoms with Gasteiger partial charge < -0.3 is 5.32 Å². The molecule has 0 saturated heterocycles. The van der Waals surface area contributed by atoms with Gasteiger partial charge in [-0.1, -0.05) is 20.8 Å². The highest BCUT2D eigenvalue weighted by molar-refractivity contribution is 5.58. The van der Waals surface area contributed by atoms with Crippen LogP contribution in [0.15, 0.2) is 12.3 Å². The lowest BCUT2D eigenvalue weighted by Gasteiger charge is -2.16. The van der Waals surface area contributed by atoms with E-state index in [9.17, 15) is 10.1 Å². The molecule has 0 fully saturated rings. The number of nitrogens with one attached hydrogen (secondary N) is 1. The summed E-state index contributed by atoms with van der Waals surface area (Å²) in [6.07, 6.45) is 1.33. The van der Waals surface area contributed by atoms with E-state index >= 15 is 0 Å². The first-order valence-corrected chi connectivity index (χ1v) is 5.74. The molecule has 1 heterocycles. The van der Waals surface area contributed by atoms with Crippen LogP contribution in [-0.4, -0.2) is 16.5 Å². The zero-order valence-electron chi connectivity index (χ0n) is 10.7. The van der Waals surface area contributed by atoms with Gasteiger partial charge in [0.05, 0.1) is 10.5 Å². The second kappa shape index (κ2) is 5.96. The predicted molar refractivity (Wildman–Crippen MR) is 68.1 cm³/mol. The molecular weight excluding hydrogens is 232 g/mol. The first-order chi connectivity index (χ1) is 8.45. The minimum absolute atomic E-state index is 0.162. The van der Waals surface area contributed by atoms with E-state index in [4.69, 9.17) is 5.26 Å². The molecule has 6 heteroatoms. The van der Waals surface area contributed by atoms with Crippen LogP contribution in [0, 0.1) is 33.3 Å². The Morgan fingerprint density at radius 1 is 1.56 bits per heavy atom. The average molecular weight is 248 g/mol. The molecule has 0 spiro atoms. The van der Waals surface area contributed by atoms with Crippen molar-refractivity contribution in [3.63, 3.8) is 0 Å². The van der Waals surface area contributed by atoms with Crippen LogP contribution < -0.4 is 5.32 Å². The maximum absolute atomic E-state index is 10.9. The van der Waals surface area contributed by atoms with Gasteiger partial charge in [0.1, 0.15) is 6.07 Å². The molecule has 0 aromatic carbocycles. The van der Waals surface area contributed by atoms with E-state index in [-0.39, 0.29) is 17.1 Å². The summed E-state index contributed by atoms with van der Waals surface area (Å²) in [4.78, 5) is 14.3. The van der Waals surface area contributed by atoms with Crippen LogP contribution >= 0.6 is 0 Å². The molecule has 0 amide bonds. The van der Waals surface area contributed by atoms with Crippen molar-refractivity contribution >= 4 is 11.5 Å². The lowest BCUT2D eigenvalue weighted by molar-refractivity contribution is -0.384. The summed E-state index contributed by atoms with van der Waals surface area (Å²) in [5.41, 5.74) is 0.0224. The van der Waals surface area contributed by atoms with Crippen LogP contribution in [0.4, 0.5) is 11.5 Å². The largest absolute Gasteiger partial charge is 0.364 e. The van der Waals surface area contributed by atoms with E-state index < -0.39 is 4.92 Å². The Morgan fingerprint density at radius 3 is 2.72 bits per heavy atom. The molecular formula is C12H16N4O2. The minimum atomic E-state index is -0.532. The molecule has 0 bridgehead atoms. The first kappa shape index (κ1) is 13.9. The summed E-state index contributed by atoms with van der Waals surface area (Å²) >= 11 is 0. The van der Waals surface area contributed by atoms with Crippen LogP contribution in [0.5, 0.6) is 0 Å². The van der Waals surface area contributed by atoms with E-state index in [0.29, 0.717) is 18.4 Å². The number of nitrogens with zero attached hydrogens (tertiary/aromatic N) is 3. The maximum Gasteiger partial charge on any atom is 0.312 e. The summed E-state index contributed by atoms with van der Waals surface area (Å²) in [5, 5.41) is 22.5. The van der Waals surface area contributed by atoms with Gasteiger partial charge in [0.2, 0.25) is 5.82 Å². The molecule has 0 aliphatic carbocycles. The number of anilines is 1. The third-order valence-electron chi connectivity index (χ3n) is 2.92. The lowest BCUT2D eigenvalue weighted by Crippen LogP contribution is -2.17. The van der Waals surface area contributed by atoms with Crippen molar-refractivity contribution in [1.29, 1.82) is 5.26 Å². The van der Waals surface area contributed by atoms with Gasteiger partial charge in [0.15, 0.2) is 0 Å². The fourth-order valence-corrected chi connectivity index (χ4v) is 1.28.